The minimum Gasteiger partial charge on any atom is -0.320 e. The first-order valence-electron chi connectivity index (χ1n) is 9.88. The number of carbonyl (C=O) groups excluding carboxylic acids is 1. The van der Waals surface area contributed by atoms with Crippen LogP contribution >= 0.6 is 0 Å². The number of amides is 1. The zero-order valence-corrected chi connectivity index (χ0v) is 16.1. The molecule has 1 aliphatic rings. The molecule has 26 heavy (non-hydrogen) atoms. The molecule has 140 valence electrons. The zero-order chi connectivity index (χ0) is 18.4. The first-order chi connectivity index (χ1) is 12.7. The van der Waals surface area contributed by atoms with Crippen molar-refractivity contribution in [2.75, 3.05) is 44.7 Å². The molecule has 4 nitrogen and oxygen atoms in total. The van der Waals surface area contributed by atoms with Gasteiger partial charge in [-0.15, -0.1) is 0 Å². The number of piperidine rings is 1. The molecule has 3 rings (SSSR count). The fourth-order valence-corrected chi connectivity index (χ4v) is 3.98. The normalized spacial score (nSPS) is 16.1. The van der Waals surface area contributed by atoms with E-state index in [1.807, 2.05) is 30.1 Å². The summed E-state index contributed by atoms with van der Waals surface area (Å²) in [4.78, 5) is 17.3. The average molecular weight is 354 g/mol. The lowest BCUT2D eigenvalue weighted by Crippen LogP contribution is -2.43. The van der Waals surface area contributed by atoms with E-state index < -0.39 is 0 Å². The first kappa shape index (κ1) is 18.9. The molecule has 0 aliphatic carbocycles. The van der Waals surface area contributed by atoms with Crippen LogP contribution in [0.2, 0.25) is 0 Å². The average Bonchev–Trinajstić information content (AvgIpc) is 2.68. The molecule has 0 radical (unpaired) electrons. The Kier molecular flexibility index (Phi) is 6.64. The highest BCUT2D eigenvalue weighted by Crippen LogP contribution is 2.27. The van der Waals surface area contributed by atoms with E-state index in [4.69, 9.17) is 0 Å². The molecule has 0 saturated carbocycles. The summed E-state index contributed by atoms with van der Waals surface area (Å²) in [5, 5.41) is 5.57. The number of rotatable bonds is 7. The van der Waals surface area contributed by atoms with Crippen LogP contribution in [-0.2, 0) is 4.79 Å². The van der Waals surface area contributed by atoms with Gasteiger partial charge in [0.05, 0.1) is 12.2 Å². The Morgan fingerprint density at radius 2 is 1.88 bits per heavy atom. The van der Waals surface area contributed by atoms with Crippen LogP contribution in [-0.4, -0.2) is 50.6 Å². The molecule has 0 aromatic heterocycles. The Morgan fingerprint density at radius 1 is 1.15 bits per heavy atom. The molecule has 0 bridgehead atoms. The molecule has 0 atom stereocenters. The van der Waals surface area contributed by atoms with Crippen molar-refractivity contribution < 1.29 is 4.79 Å². The summed E-state index contributed by atoms with van der Waals surface area (Å²) in [6.07, 6.45) is 3.65. The van der Waals surface area contributed by atoms with Crippen molar-refractivity contribution >= 4 is 22.4 Å². The molecule has 1 aliphatic heterocycles. The lowest BCUT2D eigenvalue weighted by Gasteiger charge is -2.33. The maximum Gasteiger partial charge on any atom is 0.241 e. The highest BCUT2D eigenvalue weighted by atomic mass is 16.2. The number of benzene rings is 2. The summed E-state index contributed by atoms with van der Waals surface area (Å²) in [6.45, 7) is 6.44. The molecular formula is C22H31N3O. The first-order valence-corrected chi connectivity index (χ1v) is 9.88. The topological polar surface area (TPSA) is 35.6 Å². The van der Waals surface area contributed by atoms with Crippen LogP contribution in [0.3, 0.4) is 0 Å². The Morgan fingerprint density at radius 3 is 2.62 bits per heavy atom. The fourth-order valence-electron chi connectivity index (χ4n) is 3.98. The monoisotopic (exact) mass is 353 g/mol. The second-order valence-corrected chi connectivity index (χ2v) is 7.25. The number of carbonyl (C=O) groups is 1. The van der Waals surface area contributed by atoms with E-state index in [0.29, 0.717) is 13.1 Å². The summed E-state index contributed by atoms with van der Waals surface area (Å²) in [7, 11) is 2.01. The maximum absolute atomic E-state index is 13.0. The van der Waals surface area contributed by atoms with Crippen LogP contribution in [0.5, 0.6) is 0 Å². The minimum atomic E-state index is 0.206. The van der Waals surface area contributed by atoms with Gasteiger partial charge in [0.15, 0.2) is 0 Å². The minimum absolute atomic E-state index is 0.206. The second kappa shape index (κ2) is 9.15. The van der Waals surface area contributed by atoms with E-state index in [-0.39, 0.29) is 5.91 Å². The lowest BCUT2D eigenvalue weighted by molar-refractivity contribution is -0.120. The van der Waals surface area contributed by atoms with Crippen molar-refractivity contribution in [3.8, 4) is 0 Å². The van der Waals surface area contributed by atoms with E-state index in [9.17, 15) is 4.79 Å². The van der Waals surface area contributed by atoms with Gasteiger partial charge >= 0.3 is 0 Å². The summed E-state index contributed by atoms with van der Waals surface area (Å²) >= 11 is 0. The van der Waals surface area contributed by atoms with Crippen molar-refractivity contribution in [3.63, 3.8) is 0 Å². The van der Waals surface area contributed by atoms with Gasteiger partial charge in [0.2, 0.25) is 5.91 Å². The van der Waals surface area contributed by atoms with Crippen LogP contribution in [0.25, 0.3) is 10.8 Å². The number of likely N-dealkylation sites (tertiary alicyclic amines) is 1. The molecular weight excluding hydrogens is 322 g/mol. The Labute approximate surface area is 157 Å². The van der Waals surface area contributed by atoms with Crippen molar-refractivity contribution in [2.24, 2.45) is 5.92 Å². The third-order valence-electron chi connectivity index (χ3n) is 5.54. The van der Waals surface area contributed by atoms with Gasteiger partial charge in [-0.3, -0.25) is 9.69 Å². The molecule has 1 amide bonds. The number of anilines is 1. The summed E-state index contributed by atoms with van der Waals surface area (Å²) in [5.41, 5.74) is 1.03. The Balaban J connectivity index is 1.65. The Bertz CT molecular complexity index is 717. The quantitative estimate of drug-likeness (QED) is 0.827. The van der Waals surface area contributed by atoms with Crippen molar-refractivity contribution in [3.05, 3.63) is 42.5 Å². The van der Waals surface area contributed by atoms with Crippen LogP contribution in [0.15, 0.2) is 42.5 Å². The molecule has 1 fully saturated rings. The SMILES string of the molecule is CCN(C(=O)CN1CCC(CCNC)CC1)c1cccc2ccccc12. The van der Waals surface area contributed by atoms with Gasteiger partial charge < -0.3 is 10.2 Å². The molecule has 0 spiro atoms. The van der Waals surface area contributed by atoms with Crippen molar-refractivity contribution in [1.29, 1.82) is 0 Å². The zero-order valence-electron chi connectivity index (χ0n) is 16.1. The van der Waals surface area contributed by atoms with Gasteiger partial charge in [0.25, 0.3) is 0 Å². The summed E-state index contributed by atoms with van der Waals surface area (Å²) < 4.78 is 0. The predicted molar refractivity (Wildman–Crippen MR) is 110 cm³/mol. The third kappa shape index (κ3) is 4.43. The number of hydrogen-bond donors (Lipinski definition) is 1. The Hall–Kier alpha value is -1.91. The molecule has 1 N–H and O–H groups in total. The van der Waals surface area contributed by atoms with Gasteiger partial charge in [0.1, 0.15) is 0 Å². The van der Waals surface area contributed by atoms with Gasteiger partial charge in [-0.2, -0.15) is 0 Å². The molecule has 0 unspecified atom stereocenters. The van der Waals surface area contributed by atoms with Gasteiger partial charge in [-0.1, -0.05) is 36.4 Å². The number of nitrogens with zero attached hydrogens (tertiary/aromatic N) is 2. The summed E-state index contributed by atoms with van der Waals surface area (Å²) in [6, 6.07) is 14.5. The maximum atomic E-state index is 13.0. The van der Waals surface area contributed by atoms with Crippen LogP contribution in [0, 0.1) is 5.92 Å². The van der Waals surface area contributed by atoms with Crippen molar-refractivity contribution in [1.82, 2.24) is 10.2 Å². The molecule has 4 heteroatoms. The second-order valence-electron chi connectivity index (χ2n) is 7.25. The number of hydrogen-bond acceptors (Lipinski definition) is 3. The number of nitrogens with one attached hydrogen (secondary N) is 1. The van der Waals surface area contributed by atoms with E-state index in [1.165, 1.54) is 24.6 Å². The van der Waals surface area contributed by atoms with Gasteiger partial charge in [-0.05, 0) is 70.2 Å². The van der Waals surface area contributed by atoms with Gasteiger partial charge in [-0.25, -0.2) is 0 Å². The molecule has 2 aromatic carbocycles. The third-order valence-corrected chi connectivity index (χ3v) is 5.54. The molecule has 2 aromatic rings. The summed E-state index contributed by atoms with van der Waals surface area (Å²) in [5.74, 6) is 1.01. The smallest absolute Gasteiger partial charge is 0.241 e. The van der Waals surface area contributed by atoms with E-state index in [1.54, 1.807) is 0 Å². The number of fused-ring (bicyclic) bond motifs is 1. The van der Waals surface area contributed by atoms with E-state index in [0.717, 1.165) is 36.6 Å². The van der Waals surface area contributed by atoms with Crippen LogP contribution < -0.4 is 10.2 Å². The predicted octanol–water partition coefficient (Wildman–Crippen LogP) is 3.51. The number of likely N-dealkylation sites (N-methyl/N-ethyl adjacent to an activating group) is 1. The lowest BCUT2D eigenvalue weighted by atomic mass is 9.93. The van der Waals surface area contributed by atoms with Gasteiger partial charge in [0, 0.05) is 11.9 Å². The largest absolute Gasteiger partial charge is 0.320 e. The standard InChI is InChI=1S/C22H31N3O/c1-3-25(21-10-6-8-19-7-4-5-9-20(19)21)22(26)17-24-15-12-18(13-16-24)11-14-23-2/h4-10,18,23H,3,11-17H2,1-2H3. The highest BCUT2D eigenvalue weighted by Gasteiger charge is 2.23. The van der Waals surface area contributed by atoms with Crippen LogP contribution in [0.4, 0.5) is 5.69 Å². The fraction of sp³-hybridized carbons (Fsp3) is 0.500. The molecule has 1 heterocycles. The molecule has 1 saturated heterocycles. The van der Waals surface area contributed by atoms with Crippen molar-refractivity contribution in [2.45, 2.75) is 26.2 Å². The van der Waals surface area contributed by atoms with E-state index in [2.05, 4.69) is 41.4 Å². The van der Waals surface area contributed by atoms with Crippen LogP contribution in [0.1, 0.15) is 26.2 Å². The highest BCUT2D eigenvalue weighted by molar-refractivity contribution is 6.04. The van der Waals surface area contributed by atoms with E-state index >= 15 is 0 Å².